The molecule has 0 saturated carbocycles. The number of carbonyl (C=O) groups excluding carboxylic acids is 1. The van der Waals surface area contributed by atoms with Gasteiger partial charge >= 0.3 is 7.12 Å². The van der Waals surface area contributed by atoms with Crippen LogP contribution in [-0.4, -0.2) is 60.4 Å². The molecule has 6 nitrogen and oxygen atoms in total. The van der Waals surface area contributed by atoms with Crippen molar-refractivity contribution in [2.24, 2.45) is 5.41 Å². The Morgan fingerprint density at radius 2 is 1.75 bits per heavy atom. The van der Waals surface area contributed by atoms with Crippen molar-refractivity contribution in [3.63, 3.8) is 0 Å². The first-order valence-corrected chi connectivity index (χ1v) is 8.40. The monoisotopic (exact) mass is 330 g/mol. The lowest BCUT2D eigenvalue weighted by Crippen LogP contribution is -2.67. The molecule has 7 heteroatoms. The summed E-state index contributed by atoms with van der Waals surface area (Å²) in [6.07, 6.45) is 1.68. The molecule has 1 spiro atoms. The maximum atomic E-state index is 12.5. The van der Waals surface area contributed by atoms with Crippen molar-refractivity contribution in [2.45, 2.75) is 38.9 Å². The molecule has 1 aromatic heterocycles. The van der Waals surface area contributed by atoms with Gasteiger partial charge < -0.3 is 18.9 Å². The molecule has 0 aromatic carbocycles. The van der Waals surface area contributed by atoms with E-state index in [0.29, 0.717) is 5.69 Å². The first-order valence-electron chi connectivity index (χ1n) is 8.40. The van der Waals surface area contributed by atoms with Gasteiger partial charge in [0.05, 0.1) is 29.8 Å². The van der Waals surface area contributed by atoms with Crippen LogP contribution in [0.15, 0.2) is 18.3 Å². The molecule has 0 unspecified atom stereocenters. The van der Waals surface area contributed by atoms with Crippen molar-refractivity contribution in [1.29, 1.82) is 0 Å². The predicted octanol–water partition coefficient (Wildman–Crippen LogP) is 0.853. The van der Waals surface area contributed by atoms with Crippen molar-refractivity contribution in [2.75, 3.05) is 26.3 Å². The Labute approximate surface area is 142 Å². The second-order valence-corrected chi connectivity index (χ2v) is 8.22. The van der Waals surface area contributed by atoms with E-state index in [-0.39, 0.29) is 22.5 Å². The number of carbonyl (C=O) groups is 1. The molecule has 3 fully saturated rings. The lowest BCUT2D eigenvalue weighted by molar-refractivity contribution is -0.176. The minimum Gasteiger partial charge on any atom is -0.399 e. The van der Waals surface area contributed by atoms with Crippen LogP contribution in [0.3, 0.4) is 0 Å². The molecule has 3 aliphatic heterocycles. The Kier molecular flexibility index (Phi) is 3.37. The van der Waals surface area contributed by atoms with Crippen LogP contribution >= 0.6 is 0 Å². The zero-order valence-electron chi connectivity index (χ0n) is 14.7. The number of ether oxygens (including phenoxy) is 1. The molecule has 0 radical (unpaired) electrons. The summed E-state index contributed by atoms with van der Waals surface area (Å²) in [6.45, 7) is 11.1. The maximum Gasteiger partial charge on any atom is 0.496 e. The van der Waals surface area contributed by atoms with Crippen molar-refractivity contribution in [1.82, 2.24) is 9.88 Å². The van der Waals surface area contributed by atoms with Crippen molar-refractivity contribution in [3.05, 3.63) is 24.0 Å². The van der Waals surface area contributed by atoms with Crippen molar-refractivity contribution in [3.8, 4) is 0 Å². The van der Waals surface area contributed by atoms with Gasteiger partial charge in [0.25, 0.3) is 5.91 Å². The zero-order chi connectivity index (χ0) is 17.2. The van der Waals surface area contributed by atoms with Crippen LogP contribution in [0.2, 0.25) is 0 Å². The molecule has 0 bridgehead atoms. The van der Waals surface area contributed by atoms with Crippen molar-refractivity contribution < 1.29 is 18.8 Å². The van der Waals surface area contributed by atoms with E-state index in [0.717, 1.165) is 31.8 Å². The molecule has 0 atom stereocenters. The Balaban J connectivity index is 1.43. The highest BCUT2D eigenvalue weighted by molar-refractivity contribution is 6.62. The van der Waals surface area contributed by atoms with E-state index in [1.165, 1.54) is 0 Å². The highest BCUT2D eigenvalue weighted by Gasteiger charge is 2.52. The van der Waals surface area contributed by atoms with E-state index >= 15 is 0 Å². The molecule has 0 N–H and O–H groups in total. The number of nitrogens with zero attached hydrogens (tertiary/aromatic N) is 2. The van der Waals surface area contributed by atoms with Crippen LogP contribution in [-0.2, 0) is 14.0 Å². The molecule has 1 aromatic rings. The highest BCUT2D eigenvalue weighted by atomic mass is 16.7. The topological polar surface area (TPSA) is 60.9 Å². The second kappa shape index (κ2) is 5.03. The van der Waals surface area contributed by atoms with E-state index in [9.17, 15) is 4.79 Å². The van der Waals surface area contributed by atoms with Gasteiger partial charge in [-0.3, -0.25) is 9.78 Å². The van der Waals surface area contributed by atoms with Gasteiger partial charge in [-0.1, -0.05) is 6.07 Å². The first kappa shape index (κ1) is 16.1. The molecule has 24 heavy (non-hydrogen) atoms. The first-order chi connectivity index (χ1) is 11.2. The fourth-order valence-electron chi connectivity index (χ4n) is 3.29. The van der Waals surface area contributed by atoms with E-state index in [1.807, 2.05) is 38.7 Å². The predicted molar refractivity (Wildman–Crippen MR) is 89.1 cm³/mol. The molecular formula is C17H23BN2O4. The minimum atomic E-state index is -0.453. The second-order valence-electron chi connectivity index (χ2n) is 8.22. The Morgan fingerprint density at radius 1 is 1.12 bits per heavy atom. The summed E-state index contributed by atoms with van der Waals surface area (Å²) in [7, 11) is -0.453. The number of amides is 1. The standard InChI is InChI=1S/C17H23BN2O4/c1-15(2)16(3,4)24-18(23-15)12-5-6-13(19-7-12)14(21)20-8-17(9-20)10-22-11-17/h5-7H,8-11H2,1-4H3. The highest BCUT2D eigenvalue weighted by Crippen LogP contribution is 2.38. The maximum absolute atomic E-state index is 12.5. The number of rotatable bonds is 2. The summed E-state index contributed by atoms with van der Waals surface area (Å²) in [5.41, 5.74) is 0.743. The fourth-order valence-corrected chi connectivity index (χ4v) is 3.29. The van der Waals surface area contributed by atoms with E-state index < -0.39 is 7.12 Å². The van der Waals surface area contributed by atoms with Gasteiger partial charge in [0.1, 0.15) is 5.69 Å². The summed E-state index contributed by atoms with van der Waals surface area (Å²) in [6, 6.07) is 3.62. The third-order valence-electron chi connectivity index (χ3n) is 5.69. The summed E-state index contributed by atoms with van der Waals surface area (Å²) in [5, 5.41) is 0. The lowest BCUT2D eigenvalue weighted by Gasteiger charge is -2.54. The van der Waals surface area contributed by atoms with Crippen LogP contribution in [0.5, 0.6) is 0 Å². The lowest BCUT2D eigenvalue weighted by atomic mass is 9.77. The van der Waals surface area contributed by atoms with Gasteiger partial charge in [-0.25, -0.2) is 0 Å². The summed E-state index contributed by atoms with van der Waals surface area (Å²) >= 11 is 0. The SMILES string of the molecule is CC1(C)OB(c2ccc(C(=O)N3CC4(COC4)C3)nc2)OC1(C)C. The largest absolute Gasteiger partial charge is 0.496 e. The molecular weight excluding hydrogens is 307 g/mol. The number of likely N-dealkylation sites (tertiary alicyclic amines) is 1. The number of hydrogen-bond acceptors (Lipinski definition) is 5. The Morgan fingerprint density at radius 3 is 2.21 bits per heavy atom. The molecule has 128 valence electrons. The molecule has 1 amide bonds. The average Bonchev–Trinajstić information content (AvgIpc) is 2.64. The van der Waals surface area contributed by atoms with Gasteiger partial charge in [-0.05, 0) is 33.8 Å². The van der Waals surface area contributed by atoms with Crippen LogP contribution in [0, 0.1) is 5.41 Å². The van der Waals surface area contributed by atoms with Crippen LogP contribution < -0.4 is 5.46 Å². The fraction of sp³-hybridized carbons (Fsp3) is 0.647. The number of hydrogen-bond donors (Lipinski definition) is 0. The number of pyridine rings is 1. The Bertz CT molecular complexity index is 646. The van der Waals surface area contributed by atoms with Gasteiger partial charge in [0.15, 0.2) is 0 Å². The summed E-state index contributed by atoms with van der Waals surface area (Å²) in [4.78, 5) is 18.6. The Hall–Kier alpha value is -1.44. The van der Waals surface area contributed by atoms with E-state index in [4.69, 9.17) is 14.0 Å². The average molecular weight is 330 g/mol. The zero-order valence-corrected chi connectivity index (χ0v) is 14.7. The van der Waals surface area contributed by atoms with E-state index in [1.54, 1.807) is 12.3 Å². The van der Waals surface area contributed by atoms with Gasteiger partial charge in [-0.2, -0.15) is 0 Å². The van der Waals surface area contributed by atoms with E-state index in [2.05, 4.69) is 4.98 Å². The smallest absolute Gasteiger partial charge is 0.399 e. The number of aromatic nitrogens is 1. The third kappa shape index (κ3) is 2.38. The summed E-state index contributed by atoms with van der Waals surface area (Å²) < 4.78 is 17.3. The van der Waals surface area contributed by atoms with Crippen LogP contribution in [0.1, 0.15) is 38.2 Å². The quantitative estimate of drug-likeness (QED) is 0.753. The van der Waals surface area contributed by atoms with Crippen LogP contribution in [0.4, 0.5) is 0 Å². The molecule has 3 saturated heterocycles. The van der Waals surface area contributed by atoms with Crippen molar-refractivity contribution >= 4 is 18.5 Å². The minimum absolute atomic E-state index is 0.0204. The van der Waals surface area contributed by atoms with Gasteiger partial charge in [-0.15, -0.1) is 0 Å². The third-order valence-corrected chi connectivity index (χ3v) is 5.69. The van der Waals surface area contributed by atoms with Crippen LogP contribution in [0.25, 0.3) is 0 Å². The summed E-state index contributed by atoms with van der Waals surface area (Å²) in [5.74, 6) is -0.0204. The normalized spacial score (nSPS) is 26.2. The molecule has 4 heterocycles. The molecule has 0 aliphatic carbocycles. The molecule has 4 rings (SSSR count). The molecule has 3 aliphatic rings. The van der Waals surface area contributed by atoms with Gasteiger partial charge in [0.2, 0.25) is 0 Å². The van der Waals surface area contributed by atoms with Gasteiger partial charge in [0, 0.05) is 24.7 Å².